The molecule has 1 N–H and O–H groups in total. The number of amides is 1. The molecule has 1 aromatic carbocycles. The quantitative estimate of drug-likeness (QED) is 0.885. The summed E-state index contributed by atoms with van der Waals surface area (Å²) in [4.78, 5) is 27.7. The lowest BCUT2D eigenvalue weighted by atomic mass is 9.97. The monoisotopic (exact) mass is 322 g/mol. The zero-order chi connectivity index (χ0) is 16.6. The fourth-order valence-electron chi connectivity index (χ4n) is 3.29. The van der Waals surface area contributed by atoms with Gasteiger partial charge in [-0.3, -0.25) is 9.69 Å². The Bertz CT molecular complexity index is 628. The fourth-order valence-corrected chi connectivity index (χ4v) is 3.29. The normalized spacial score (nSPS) is 24.1. The second kappa shape index (κ2) is 5.90. The number of hydrogen-bond donors (Lipinski definition) is 1. The lowest BCUT2D eigenvalue weighted by Crippen LogP contribution is -2.57. The molecule has 2 heterocycles. The predicted molar refractivity (Wildman–Crippen MR) is 79.4 cm³/mol. The minimum atomic E-state index is -1.13. The molecular weight excluding hydrogens is 303 g/mol. The van der Waals surface area contributed by atoms with Crippen molar-refractivity contribution in [1.82, 2.24) is 9.80 Å². The Balaban J connectivity index is 1.98. The van der Waals surface area contributed by atoms with Crippen molar-refractivity contribution in [3.05, 3.63) is 35.6 Å². The van der Waals surface area contributed by atoms with Crippen molar-refractivity contribution in [3.8, 4) is 0 Å². The van der Waals surface area contributed by atoms with Gasteiger partial charge in [0.25, 0.3) is 5.91 Å². The highest BCUT2D eigenvalue weighted by atomic mass is 19.1. The van der Waals surface area contributed by atoms with Crippen molar-refractivity contribution in [3.63, 3.8) is 0 Å². The number of likely N-dealkylation sites (tertiary alicyclic amines) is 1. The first-order valence-corrected chi connectivity index (χ1v) is 7.58. The third-order valence-corrected chi connectivity index (χ3v) is 4.64. The zero-order valence-electron chi connectivity index (χ0n) is 12.9. The van der Waals surface area contributed by atoms with Gasteiger partial charge < -0.3 is 14.7 Å². The van der Waals surface area contributed by atoms with E-state index in [0.29, 0.717) is 25.9 Å². The van der Waals surface area contributed by atoms with Crippen LogP contribution in [-0.4, -0.2) is 65.3 Å². The molecule has 2 aliphatic heterocycles. The number of aliphatic carboxylic acids is 1. The number of benzene rings is 1. The summed E-state index contributed by atoms with van der Waals surface area (Å²) in [7, 11) is 1.96. The Morgan fingerprint density at radius 3 is 2.57 bits per heavy atom. The van der Waals surface area contributed by atoms with Gasteiger partial charge in [-0.15, -0.1) is 0 Å². The summed E-state index contributed by atoms with van der Waals surface area (Å²) in [6, 6.07) is 4.53. The fraction of sp³-hybridized carbons (Fsp3) is 0.500. The molecule has 0 aromatic heterocycles. The number of carbonyl (C=O) groups is 2. The van der Waals surface area contributed by atoms with Crippen LogP contribution in [0.1, 0.15) is 23.2 Å². The molecule has 1 atom stereocenters. The molecule has 124 valence electrons. The second-order valence-electron chi connectivity index (χ2n) is 6.07. The number of ether oxygens (including phenoxy) is 1. The van der Waals surface area contributed by atoms with Gasteiger partial charge in [0.15, 0.2) is 6.04 Å². The summed E-state index contributed by atoms with van der Waals surface area (Å²) in [6.45, 7) is 1.31. The van der Waals surface area contributed by atoms with E-state index in [1.54, 1.807) is 6.07 Å². The third-order valence-electron chi connectivity index (χ3n) is 4.64. The van der Waals surface area contributed by atoms with Crippen LogP contribution in [-0.2, 0) is 9.53 Å². The molecule has 3 rings (SSSR count). The van der Waals surface area contributed by atoms with Gasteiger partial charge >= 0.3 is 5.97 Å². The molecule has 0 radical (unpaired) electrons. The van der Waals surface area contributed by atoms with Crippen LogP contribution in [0.25, 0.3) is 0 Å². The Hall–Kier alpha value is -1.99. The molecule has 1 aromatic rings. The Morgan fingerprint density at radius 2 is 1.96 bits per heavy atom. The van der Waals surface area contributed by atoms with Crippen LogP contribution >= 0.6 is 0 Å². The first kappa shape index (κ1) is 15.9. The van der Waals surface area contributed by atoms with Gasteiger partial charge in [-0.1, -0.05) is 12.1 Å². The summed E-state index contributed by atoms with van der Waals surface area (Å²) < 4.78 is 19.8. The van der Waals surface area contributed by atoms with E-state index in [0.717, 1.165) is 0 Å². The van der Waals surface area contributed by atoms with Crippen LogP contribution in [0.2, 0.25) is 0 Å². The van der Waals surface area contributed by atoms with Crippen molar-refractivity contribution >= 4 is 11.9 Å². The maximum Gasteiger partial charge on any atom is 0.328 e. The predicted octanol–water partition coefficient (Wildman–Crippen LogP) is 1.17. The highest BCUT2D eigenvalue weighted by Crippen LogP contribution is 2.38. The summed E-state index contributed by atoms with van der Waals surface area (Å²) in [5, 5.41) is 9.44. The van der Waals surface area contributed by atoms with Crippen LogP contribution in [0.5, 0.6) is 0 Å². The highest BCUT2D eigenvalue weighted by molar-refractivity contribution is 5.97. The van der Waals surface area contributed by atoms with E-state index in [1.807, 2.05) is 7.05 Å². The molecule has 6 nitrogen and oxygen atoms in total. The van der Waals surface area contributed by atoms with Crippen LogP contribution in [0.4, 0.5) is 4.39 Å². The van der Waals surface area contributed by atoms with E-state index in [9.17, 15) is 19.1 Å². The molecule has 7 heteroatoms. The van der Waals surface area contributed by atoms with Gasteiger partial charge in [0.2, 0.25) is 0 Å². The molecule has 2 saturated heterocycles. The third kappa shape index (κ3) is 2.70. The van der Waals surface area contributed by atoms with E-state index in [-0.39, 0.29) is 12.2 Å². The van der Waals surface area contributed by atoms with Gasteiger partial charge in [0.1, 0.15) is 11.5 Å². The topological polar surface area (TPSA) is 70.1 Å². The number of nitrogens with zero attached hydrogens (tertiary/aromatic N) is 2. The van der Waals surface area contributed by atoms with Gasteiger partial charge in [-0.2, -0.15) is 0 Å². The first-order chi connectivity index (χ1) is 10.9. The average Bonchev–Trinajstić information content (AvgIpc) is 2.90. The minimum Gasteiger partial charge on any atom is -0.480 e. The molecule has 1 amide bonds. The Labute approximate surface area is 133 Å². The number of carboxylic acid groups (broad SMARTS) is 1. The molecule has 2 aliphatic rings. The van der Waals surface area contributed by atoms with E-state index in [1.165, 1.54) is 23.1 Å². The Morgan fingerprint density at radius 1 is 1.30 bits per heavy atom. The van der Waals surface area contributed by atoms with Crippen LogP contribution in [0.15, 0.2) is 24.3 Å². The first-order valence-electron chi connectivity index (χ1n) is 7.58. The molecule has 0 bridgehead atoms. The number of piperidine rings is 1. The van der Waals surface area contributed by atoms with Crippen molar-refractivity contribution in [2.45, 2.75) is 24.6 Å². The number of carboxylic acids is 1. The number of carbonyl (C=O) groups excluding carboxylic acids is 1. The van der Waals surface area contributed by atoms with Gasteiger partial charge in [0, 0.05) is 25.9 Å². The summed E-state index contributed by atoms with van der Waals surface area (Å²) in [5.41, 5.74) is -1.09. The summed E-state index contributed by atoms with van der Waals surface area (Å²) in [6.07, 6.45) is 1.01. The lowest BCUT2D eigenvalue weighted by molar-refractivity contribution is -0.143. The zero-order valence-corrected chi connectivity index (χ0v) is 12.9. The number of hydrogen-bond acceptors (Lipinski definition) is 4. The van der Waals surface area contributed by atoms with Crippen molar-refractivity contribution in [2.24, 2.45) is 0 Å². The molecule has 2 fully saturated rings. The standard InChI is InChI=1S/C16H19FN2O4/c1-18-8-6-16(7-9-18)19(13(10-23-16)15(21)22)14(20)11-4-2-3-5-12(11)17/h2-5,13H,6-10H2,1H3,(H,21,22)/t13-/m0/s1. The average molecular weight is 322 g/mol. The van der Waals surface area contributed by atoms with Crippen molar-refractivity contribution in [1.29, 1.82) is 0 Å². The largest absolute Gasteiger partial charge is 0.480 e. The molecule has 0 saturated carbocycles. The van der Waals surface area contributed by atoms with Crippen LogP contribution < -0.4 is 0 Å². The highest BCUT2D eigenvalue weighted by Gasteiger charge is 2.54. The number of rotatable bonds is 2. The van der Waals surface area contributed by atoms with Gasteiger partial charge in [-0.05, 0) is 19.2 Å². The van der Waals surface area contributed by atoms with E-state index in [4.69, 9.17) is 4.74 Å². The maximum atomic E-state index is 14.0. The lowest BCUT2D eigenvalue weighted by Gasteiger charge is -2.43. The van der Waals surface area contributed by atoms with Crippen LogP contribution in [0, 0.1) is 5.82 Å². The minimum absolute atomic E-state index is 0.0702. The molecule has 1 spiro atoms. The van der Waals surface area contributed by atoms with E-state index in [2.05, 4.69) is 4.90 Å². The van der Waals surface area contributed by atoms with Crippen LogP contribution in [0.3, 0.4) is 0 Å². The van der Waals surface area contributed by atoms with Gasteiger partial charge in [-0.25, -0.2) is 9.18 Å². The maximum absolute atomic E-state index is 14.0. The van der Waals surface area contributed by atoms with Crippen molar-refractivity contribution < 1.29 is 23.8 Å². The molecule has 23 heavy (non-hydrogen) atoms. The van der Waals surface area contributed by atoms with E-state index >= 15 is 0 Å². The molecule has 0 aliphatic carbocycles. The Kier molecular flexibility index (Phi) is 4.08. The molecular formula is C16H19FN2O4. The van der Waals surface area contributed by atoms with Gasteiger partial charge in [0.05, 0.1) is 12.2 Å². The summed E-state index contributed by atoms with van der Waals surface area (Å²) >= 11 is 0. The number of halogens is 1. The SMILES string of the molecule is CN1CCC2(CC1)OC[C@@H](C(=O)O)N2C(=O)c1ccccc1F. The molecule has 0 unspecified atom stereocenters. The summed E-state index contributed by atoms with van der Waals surface area (Å²) in [5.74, 6) is -2.42. The van der Waals surface area contributed by atoms with E-state index < -0.39 is 29.5 Å². The smallest absolute Gasteiger partial charge is 0.328 e. The second-order valence-corrected chi connectivity index (χ2v) is 6.07. The van der Waals surface area contributed by atoms with Crippen molar-refractivity contribution in [2.75, 3.05) is 26.7 Å².